The molecule has 1 fully saturated rings. The van der Waals surface area contributed by atoms with Gasteiger partial charge in [0.05, 0.1) is 0 Å². The number of fused-ring (bicyclic) bond motifs is 1. The third-order valence-corrected chi connectivity index (χ3v) is 5.84. The summed E-state index contributed by atoms with van der Waals surface area (Å²) in [5, 5.41) is 0. The third-order valence-electron chi connectivity index (χ3n) is 5.84. The Morgan fingerprint density at radius 2 is 1.87 bits per heavy atom. The molecule has 0 N–H and O–H groups in total. The van der Waals surface area contributed by atoms with Crippen LogP contribution in [0.2, 0.25) is 0 Å². The molecule has 23 heavy (non-hydrogen) atoms. The number of hydrogen-bond acceptors (Lipinski definition) is 1. The molecule has 0 amide bonds. The van der Waals surface area contributed by atoms with Gasteiger partial charge in [-0.05, 0) is 67.6 Å². The average Bonchev–Trinajstić information content (AvgIpc) is 2.56. The lowest BCUT2D eigenvalue weighted by atomic mass is 9.78. The van der Waals surface area contributed by atoms with Gasteiger partial charge in [-0.3, -0.25) is 0 Å². The van der Waals surface area contributed by atoms with E-state index in [0.717, 1.165) is 42.9 Å². The first kappa shape index (κ1) is 16.8. The zero-order valence-electron chi connectivity index (χ0n) is 14.7. The van der Waals surface area contributed by atoms with Gasteiger partial charge in [0.25, 0.3) is 0 Å². The Bertz CT molecular complexity index is 517. The van der Waals surface area contributed by atoms with E-state index in [-0.39, 0.29) is 5.82 Å². The van der Waals surface area contributed by atoms with E-state index >= 15 is 0 Å². The highest BCUT2D eigenvalue weighted by Crippen LogP contribution is 2.38. The third kappa shape index (κ3) is 4.08. The van der Waals surface area contributed by atoms with Crippen LogP contribution in [0, 0.1) is 17.7 Å². The molecule has 2 heteroatoms. The summed E-state index contributed by atoms with van der Waals surface area (Å²) in [6, 6.07) is 3.73. The van der Waals surface area contributed by atoms with Crippen molar-refractivity contribution in [2.75, 3.05) is 0 Å². The summed E-state index contributed by atoms with van der Waals surface area (Å²) in [5.74, 6) is 2.28. The van der Waals surface area contributed by atoms with E-state index in [1.807, 2.05) is 0 Å². The Labute approximate surface area is 140 Å². The highest BCUT2D eigenvalue weighted by Gasteiger charge is 2.30. The predicted octanol–water partition coefficient (Wildman–Crippen LogP) is 6.08. The molecule has 0 spiro atoms. The van der Waals surface area contributed by atoms with Crippen molar-refractivity contribution in [2.24, 2.45) is 11.8 Å². The maximum atomic E-state index is 14.3. The topological polar surface area (TPSA) is 9.23 Å². The van der Waals surface area contributed by atoms with E-state index < -0.39 is 0 Å². The molecular formula is C21H31FO. The van der Waals surface area contributed by atoms with Gasteiger partial charge in [0.1, 0.15) is 17.7 Å². The molecule has 1 aromatic rings. The minimum Gasteiger partial charge on any atom is -0.490 e. The van der Waals surface area contributed by atoms with Crippen LogP contribution < -0.4 is 4.74 Å². The lowest BCUT2D eigenvalue weighted by molar-refractivity contribution is 0.0786. The molecule has 0 radical (unpaired) electrons. The lowest BCUT2D eigenvalue weighted by Crippen LogP contribution is -2.33. The first-order valence-corrected chi connectivity index (χ1v) is 9.65. The lowest BCUT2D eigenvalue weighted by Gasteiger charge is -2.36. The second-order valence-electron chi connectivity index (χ2n) is 7.72. The van der Waals surface area contributed by atoms with Gasteiger partial charge < -0.3 is 4.74 Å². The van der Waals surface area contributed by atoms with Gasteiger partial charge in [0.2, 0.25) is 0 Å². The van der Waals surface area contributed by atoms with Crippen molar-refractivity contribution >= 4 is 0 Å². The van der Waals surface area contributed by atoms with E-state index in [1.54, 1.807) is 6.07 Å². The van der Waals surface area contributed by atoms with E-state index in [4.69, 9.17) is 4.74 Å². The summed E-state index contributed by atoms with van der Waals surface area (Å²) in [7, 11) is 0. The van der Waals surface area contributed by atoms with Crippen LogP contribution in [0.4, 0.5) is 4.39 Å². The minimum absolute atomic E-state index is 0.0715. The van der Waals surface area contributed by atoms with E-state index in [2.05, 4.69) is 19.9 Å². The fourth-order valence-electron chi connectivity index (χ4n) is 4.22. The quantitative estimate of drug-likeness (QED) is 0.598. The zero-order chi connectivity index (χ0) is 16.2. The summed E-state index contributed by atoms with van der Waals surface area (Å²) in [6.07, 6.45) is 11.9. The van der Waals surface area contributed by atoms with Crippen LogP contribution in [0.15, 0.2) is 12.1 Å². The van der Waals surface area contributed by atoms with Crippen molar-refractivity contribution < 1.29 is 9.13 Å². The van der Waals surface area contributed by atoms with Gasteiger partial charge in [0.15, 0.2) is 0 Å². The van der Waals surface area contributed by atoms with Gasteiger partial charge in [-0.25, -0.2) is 4.39 Å². The average molecular weight is 318 g/mol. The number of hydrogen-bond donors (Lipinski definition) is 0. The molecule has 128 valence electrons. The molecule has 1 unspecified atom stereocenters. The first-order valence-electron chi connectivity index (χ1n) is 9.65. The van der Waals surface area contributed by atoms with Crippen molar-refractivity contribution in [2.45, 2.75) is 84.2 Å². The summed E-state index contributed by atoms with van der Waals surface area (Å²) in [4.78, 5) is 0. The van der Waals surface area contributed by atoms with Crippen LogP contribution >= 0.6 is 0 Å². The molecule has 1 aromatic carbocycles. The predicted molar refractivity (Wildman–Crippen MR) is 93.5 cm³/mol. The van der Waals surface area contributed by atoms with E-state index in [9.17, 15) is 4.39 Å². The summed E-state index contributed by atoms with van der Waals surface area (Å²) in [5.41, 5.74) is 2.10. The molecule has 3 rings (SSSR count). The molecule has 0 aromatic heterocycles. The number of aryl methyl sites for hydroxylation is 2. The Morgan fingerprint density at radius 3 is 2.61 bits per heavy atom. The monoisotopic (exact) mass is 318 g/mol. The van der Waals surface area contributed by atoms with Gasteiger partial charge in [-0.15, -0.1) is 0 Å². The van der Waals surface area contributed by atoms with Crippen molar-refractivity contribution in [1.29, 1.82) is 0 Å². The smallest absolute Gasteiger partial charge is 0.130 e. The van der Waals surface area contributed by atoms with Crippen molar-refractivity contribution in [1.82, 2.24) is 0 Å². The zero-order valence-corrected chi connectivity index (χ0v) is 14.7. The molecule has 0 saturated heterocycles. The fraction of sp³-hybridized carbons (Fsp3) is 0.714. The molecule has 1 nitrogen and oxygen atoms in total. The summed E-state index contributed by atoms with van der Waals surface area (Å²) < 4.78 is 20.6. The number of unbranched alkanes of at least 4 members (excludes halogenated alkanes) is 2. The fourth-order valence-corrected chi connectivity index (χ4v) is 4.22. The van der Waals surface area contributed by atoms with Gasteiger partial charge in [-0.1, -0.05) is 39.5 Å². The Morgan fingerprint density at radius 1 is 1.09 bits per heavy atom. The van der Waals surface area contributed by atoms with Crippen LogP contribution in [0.25, 0.3) is 0 Å². The molecule has 1 saturated carbocycles. The Hall–Kier alpha value is -1.05. The first-order chi connectivity index (χ1) is 11.2. The molecule has 1 aliphatic heterocycles. The Kier molecular flexibility index (Phi) is 5.61. The Balaban J connectivity index is 1.65. The SMILES string of the molecule is CCCCCc1cc2c(cc1F)OC(C1CCC(C)CC1)CC2. The summed E-state index contributed by atoms with van der Waals surface area (Å²) in [6.45, 7) is 4.53. The summed E-state index contributed by atoms with van der Waals surface area (Å²) >= 11 is 0. The number of benzene rings is 1. The van der Waals surface area contributed by atoms with Crippen LogP contribution in [-0.2, 0) is 12.8 Å². The normalized spacial score (nSPS) is 27.3. The molecule has 2 aliphatic rings. The molecule has 1 heterocycles. The largest absolute Gasteiger partial charge is 0.490 e. The number of ether oxygens (including phenoxy) is 1. The molecule has 1 aliphatic carbocycles. The van der Waals surface area contributed by atoms with E-state index in [1.165, 1.54) is 44.1 Å². The molecule has 0 bridgehead atoms. The maximum Gasteiger partial charge on any atom is 0.130 e. The van der Waals surface area contributed by atoms with Crippen LogP contribution in [0.5, 0.6) is 5.75 Å². The highest BCUT2D eigenvalue weighted by molar-refractivity contribution is 5.40. The standard InChI is InChI=1S/C21H31FO/c1-3-4-5-6-17-13-18-11-12-20(23-21(18)14-19(17)22)16-9-7-15(2)8-10-16/h13-16,20H,3-12H2,1-2H3. The van der Waals surface area contributed by atoms with Crippen LogP contribution in [0.1, 0.15) is 76.3 Å². The number of halogens is 1. The van der Waals surface area contributed by atoms with Gasteiger partial charge in [0, 0.05) is 6.07 Å². The second-order valence-corrected chi connectivity index (χ2v) is 7.72. The van der Waals surface area contributed by atoms with Crippen molar-refractivity contribution in [3.05, 3.63) is 29.1 Å². The molecular weight excluding hydrogens is 287 g/mol. The second kappa shape index (κ2) is 7.68. The minimum atomic E-state index is -0.0715. The van der Waals surface area contributed by atoms with E-state index in [0.29, 0.717) is 12.0 Å². The molecule has 1 atom stereocenters. The van der Waals surface area contributed by atoms with Crippen molar-refractivity contribution in [3.63, 3.8) is 0 Å². The number of rotatable bonds is 5. The highest BCUT2D eigenvalue weighted by atomic mass is 19.1. The maximum absolute atomic E-state index is 14.3. The van der Waals surface area contributed by atoms with Crippen LogP contribution in [0.3, 0.4) is 0 Å². The van der Waals surface area contributed by atoms with Crippen LogP contribution in [-0.4, -0.2) is 6.10 Å². The van der Waals surface area contributed by atoms with Crippen molar-refractivity contribution in [3.8, 4) is 5.75 Å². The van der Waals surface area contributed by atoms with Gasteiger partial charge >= 0.3 is 0 Å². The van der Waals surface area contributed by atoms with Gasteiger partial charge in [-0.2, -0.15) is 0 Å².